The zero-order valence-corrected chi connectivity index (χ0v) is 17.4. The van der Waals surface area contributed by atoms with Crippen LogP contribution in [-0.2, 0) is 9.59 Å². The van der Waals surface area contributed by atoms with E-state index in [4.69, 9.17) is 4.74 Å². The van der Waals surface area contributed by atoms with Crippen LogP contribution in [0.3, 0.4) is 0 Å². The second-order valence-electron chi connectivity index (χ2n) is 8.49. The van der Waals surface area contributed by atoms with Crippen molar-refractivity contribution >= 4 is 23.2 Å². The van der Waals surface area contributed by atoms with Gasteiger partial charge < -0.3 is 15.0 Å². The number of nitrogens with one attached hydrogen (secondary N) is 1. The summed E-state index contributed by atoms with van der Waals surface area (Å²) in [4.78, 5) is 40.1. The van der Waals surface area contributed by atoms with Crippen LogP contribution < -0.4 is 10.1 Å². The minimum atomic E-state index is -0.501. The summed E-state index contributed by atoms with van der Waals surface area (Å²) in [5.41, 5.74) is 0.188. The summed E-state index contributed by atoms with van der Waals surface area (Å²) >= 11 is 0. The highest BCUT2D eigenvalue weighted by Gasteiger charge is 2.46. The maximum Gasteiger partial charge on any atom is 0.271 e. The zero-order chi connectivity index (χ0) is 21.4. The summed E-state index contributed by atoms with van der Waals surface area (Å²) < 4.78 is 5.24. The average molecular weight is 416 g/mol. The first-order chi connectivity index (χ1) is 14.4. The van der Waals surface area contributed by atoms with Crippen molar-refractivity contribution in [3.05, 3.63) is 28.3 Å². The normalized spacial score (nSPS) is 25.4. The first-order valence-corrected chi connectivity index (χ1v) is 10.6. The van der Waals surface area contributed by atoms with E-state index in [0.717, 1.165) is 38.8 Å². The maximum absolute atomic E-state index is 12.9. The van der Waals surface area contributed by atoms with Crippen molar-refractivity contribution in [1.82, 2.24) is 9.80 Å². The average Bonchev–Trinajstić information content (AvgIpc) is 3.57. The number of nitro benzene ring substituents is 1. The SMILES string of the molecule is COc1ccc([N+](=O)[O-])cc1NC(=O)C(C)N1CCC2C(CCC(=O)N2C2CC2)C1. The molecule has 1 aromatic carbocycles. The van der Waals surface area contributed by atoms with E-state index in [1.807, 2.05) is 6.92 Å². The molecule has 2 aliphatic heterocycles. The Balaban J connectivity index is 1.42. The van der Waals surface area contributed by atoms with Crippen LogP contribution in [0.5, 0.6) is 5.75 Å². The third-order valence-electron chi connectivity index (χ3n) is 6.62. The van der Waals surface area contributed by atoms with Gasteiger partial charge in [-0.15, -0.1) is 0 Å². The highest BCUT2D eigenvalue weighted by Crippen LogP contribution is 2.39. The van der Waals surface area contributed by atoms with Crippen LogP contribution in [0, 0.1) is 16.0 Å². The molecule has 3 fully saturated rings. The molecule has 2 saturated heterocycles. The third kappa shape index (κ3) is 3.98. The number of likely N-dealkylation sites (tertiary alicyclic amines) is 2. The number of benzene rings is 1. The minimum Gasteiger partial charge on any atom is -0.495 e. The topological polar surface area (TPSA) is 105 Å². The van der Waals surface area contributed by atoms with E-state index in [-0.39, 0.29) is 23.5 Å². The Hall–Kier alpha value is -2.68. The summed E-state index contributed by atoms with van der Waals surface area (Å²) in [6.07, 6.45) is 4.57. The predicted molar refractivity (Wildman–Crippen MR) is 110 cm³/mol. The fourth-order valence-electron chi connectivity index (χ4n) is 4.81. The van der Waals surface area contributed by atoms with Crippen molar-refractivity contribution in [3.8, 4) is 5.75 Å². The van der Waals surface area contributed by atoms with Gasteiger partial charge in [-0.2, -0.15) is 0 Å². The lowest BCUT2D eigenvalue weighted by Crippen LogP contribution is -2.59. The molecule has 0 aromatic heterocycles. The Labute approximate surface area is 175 Å². The van der Waals surface area contributed by atoms with E-state index in [0.29, 0.717) is 35.9 Å². The largest absolute Gasteiger partial charge is 0.495 e. The van der Waals surface area contributed by atoms with Crippen molar-refractivity contribution < 1.29 is 19.2 Å². The van der Waals surface area contributed by atoms with Crippen LogP contribution in [0.2, 0.25) is 0 Å². The van der Waals surface area contributed by atoms with Crippen LogP contribution in [0.4, 0.5) is 11.4 Å². The highest BCUT2D eigenvalue weighted by atomic mass is 16.6. The second kappa shape index (κ2) is 8.22. The zero-order valence-electron chi connectivity index (χ0n) is 17.4. The van der Waals surface area contributed by atoms with Crippen molar-refractivity contribution in [1.29, 1.82) is 0 Å². The van der Waals surface area contributed by atoms with E-state index in [1.54, 1.807) is 0 Å². The first-order valence-electron chi connectivity index (χ1n) is 10.6. The molecule has 1 N–H and O–H groups in total. The molecule has 1 aromatic rings. The number of fused-ring (bicyclic) bond motifs is 1. The van der Waals surface area contributed by atoms with Crippen molar-refractivity contribution in [3.63, 3.8) is 0 Å². The summed E-state index contributed by atoms with van der Waals surface area (Å²) in [6.45, 7) is 3.38. The van der Waals surface area contributed by atoms with E-state index in [1.165, 1.54) is 25.3 Å². The molecule has 30 heavy (non-hydrogen) atoms. The number of methoxy groups -OCH3 is 1. The lowest BCUT2D eigenvalue weighted by atomic mass is 9.83. The monoisotopic (exact) mass is 416 g/mol. The maximum atomic E-state index is 12.9. The Morgan fingerprint density at radius 2 is 2.07 bits per heavy atom. The van der Waals surface area contributed by atoms with Gasteiger partial charge in [-0.25, -0.2) is 0 Å². The number of ether oxygens (including phenoxy) is 1. The standard InChI is InChI=1S/C21H28N4O5/c1-13(21(27)22-17-11-16(25(28)29)6-7-19(17)30-2)23-10-9-18-14(12-23)3-8-20(26)24(18)15-4-5-15/h6-7,11,13-15,18H,3-5,8-10,12H2,1-2H3,(H,22,27). The predicted octanol–water partition coefficient (Wildman–Crippen LogP) is 2.41. The molecule has 9 heteroatoms. The van der Waals surface area contributed by atoms with Crippen molar-refractivity contribution in [2.24, 2.45) is 5.92 Å². The number of anilines is 1. The number of non-ortho nitro benzene ring substituents is 1. The van der Waals surface area contributed by atoms with Gasteiger partial charge in [0, 0.05) is 43.7 Å². The van der Waals surface area contributed by atoms with E-state index in [9.17, 15) is 19.7 Å². The number of hydrogen-bond donors (Lipinski definition) is 1. The Bertz CT molecular complexity index is 856. The molecular formula is C21H28N4O5. The Kier molecular flexibility index (Phi) is 5.64. The van der Waals surface area contributed by atoms with Gasteiger partial charge in [0.05, 0.1) is 23.8 Å². The second-order valence-corrected chi connectivity index (χ2v) is 8.49. The fourth-order valence-corrected chi connectivity index (χ4v) is 4.81. The lowest BCUT2D eigenvalue weighted by molar-refractivity contribution is -0.384. The first kappa shape index (κ1) is 20.6. The van der Waals surface area contributed by atoms with Gasteiger partial charge in [-0.3, -0.25) is 24.6 Å². The number of nitrogens with zero attached hydrogens (tertiary/aromatic N) is 3. The molecule has 2 amide bonds. The summed E-state index contributed by atoms with van der Waals surface area (Å²) in [5, 5.41) is 13.9. The molecule has 1 saturated carbocycles. The highest BCUT2D eigenvalue weighted by molar-refractivity contribution is 5.96. The third-order valence-corrected chi connectivity index (χ3v) is 6.62. The summed E-state index contributed by atoms with van der Waals surface area (Å²) in [6, 6.07) is 4.48. The van der Waals surface area contributed by atoms with Crippen LogP contribution in [-0.4, -0.2) is 64.9 Å². The van der Waals surface area contributed by atoms with Crippen molar-refractivity contribution in [2.45, 2.75) is 57.2 Å². The molecule has 0 spiro atoms. The Morgan fingerprint density at radius 3 is 2.73 bits per heavy atom. The number of carbonyl (C=O) groups is 2. The van der Waals surface area contributed by atoms with Crippen LogP contribution >= 0.6 is 0 Å². The number of rotatable bonds is 6. The van der Waals surface area contributed by atoms with Gasteiger partial charge in [0.15, 0.2) is 0 Å². The van der Waals surface area contributed by atoms with E-state index in [2.05, 4.69) is 15.1 Å². The fraction of sp³-hybridized carbons (Fsp3) is 0.619. The summed E-state index contributed by atoms with van der Waals surface area (Å²) in [7, 11) is 1.46. The van der Waals surface area contributed by atoms with Crippen LogP contribution in [0.1, 0.15) is 39.0 Å². The van der Waals surface area contributed by atoms with Crippen LogP contribution in [0.25, 0.3) is 0 Å². The van der Waals surface area contributed by atoms with Gasteiger partial charge in [0.25, 0.3) is 5.69 Å². The van der Waals surface area contributed by atoms with Gasteiger partial charge >= 0.3 is 0 Å². The number of carbonyl (C=O) groups excluding carboxylic acids is 2. The lowest BCUT2D eigenvalue weighted by Gasteiger charge is -2.48. The van der Waals surface area contributed by atoms with Gasteiger partial charge in [0.2, 0.25) is 11.8 Å². The van der Waals surface area contributed by atoms with Gasteiger partial charge in [0.1, 0.15) is 5.75 Å². The smallest absolute Gasteiger partial charge is 0.271 e. The van der Waals surface area contributed by atoms with E-state index < -0.39 is 4.92 Å². The van der Waals surface area contributed by atoms with Gasteiger partial charge in [-0.05, 0) is 44.6 Å². The molecule has 3 atom stereocenters. The molecule has 162 valence electrons. The molecule has 0 radical (unpaired) electrons. The number of nitro groups is 1. The molecular weight excluding hydrogens is 388 g/mol. The Morgan fingerprint density at radius 1 is 1.30 bits per heavy atom. The van der Waals surface area contributed by atoms with E-state index >= 15 is 0 Å². The van der Waals surface area contributed by atoms with Crippen molar-refractivity contribution in [2.75, 3.05) is 25.5 Å². The molecule has 9 nitrogen and oxygen atoms in total. The quantitative estimate of drug-likeness (QED) is 0.564. The molecule has 1 aliphatic carbocycles. The number of piperidine rings is 2. The van der Waals surface area contributed by atoms with Crippen LogP contribution in [0.15, 0.2) is 18.2 Å². The summed E-state index contributed by atoms with van der Waals surface area (Å²) in [5.74, 6) is 0.833. The molecule has 3 aliphatic rings. The molecule has 2 heterocycles. The minimum absolute atomic E-state index is 0.105. The van der Waals surface area contributed by atoms with Gasteiger partial charge in [-0.1, -0.05) is 0 Å². The number of amides is 2. The molecule has 3 unspecified atom stereocenters. The number of hydrogen-bond acceptors (Lipinski definition) is 6. The molecule has 4 rings (SSSR count). The molecule has 0 bridgehead atoms.